The molecular formula is C21H18F2N4O3S. The fraction of sp³-hybridized carbons (Fsp3) is 0.286. The van der Waals surface area contributed by atoms with Crippen LogP contribution in [-0.2, 0) is 11.3 Å². The van der Waals surface area contributed by atoms with Crippen molar-refractivity contribution in [3.05, 3.63) is 57.5 Å². The number of rotatable bonds is 7. The highest BCUT2D eigenvalue weighted by atomic mass is 32.1. The fourth-order valence-electron chi connectivity index (χ4n) is 3.15. The Morgan fingerprint density at radius 2 is 2.10 bits per heavy atom. The summed E-state index contributed by atoms with van der Waals surface area (Å²) in [5, 5.41) is 4.76. The molecule has 0 fully saturated rings. The topological polar surface area (TPSA) is 87.0 Å². The Labute approximate surface area is 179 Å². The summed E-state index contributed by atoms with van der Waals surface area (Å²) in [7, 11) is 0. The third-order valence-corrected chi connectivity index (χ3v) is 5.68. The lowest BCUT2D eigenvalue weighted by molar-refractivity contribution is -0.134. The quantitative estimate of drug-likeness (QED) is 0.313. The lowest BCUT2D eigenvalue weighted by Gasteiger charge is -2.09. The van der Waals surface area contributed by atoms with Crippen LogP contribution < -0.4 is 10.3 Å². The molecule has 3 heterocycles. The summed E-state index contributed by atoms with van der Waals surface area (Å²) in [6.07, 6.45) is 4.26. The highest BCUT2D eigenvalue weighted by molar-refractivity contribution is 7.18. The summed E-state index contributed by atoms with van der Waals surface area (Å²) in [6, 6.07) is 5.07. The maximum absolute atomic E-state index is 14.0. The van der Waals surface area contributed by atoms with E-state index in [2.05, 4.69) is 15.1 Å². The van der Waals surface area contributed by atoms with Crippen molar-refractivity contribution in [2.75, 3.05) is 0 Å². The summed E-state index contributed by atoms with van der Waals surface area (Å²) in [5.41, 5.74) is -0.111. The molecule has 0 amide bonds. The number of carbonyl (C=O) groups is 1. The number of fused-ring (bicyclic) bond motifs is 2. The molecule has 7 nitrogen and oxygen atoms in total. The van der Waals surface area contributed by atoms with E-state index in [-0.39, 0.29) is 40.0 Å². The van der Waals surface area contributed by atoms with E-state index in [1.165, 1.54) is 6.20 Å². The Bertz CT molecular complexity index is 1340. The fourth-order valence-corrected chi connectivity index (χ4v) is 4.08. The first kappa shape index (κ1) is 21.0. The highest BCUT2D eigenvalue weighted by Gasteiger charge is 2.18. The predicted octanol–water partition coefficient (Wildman–Crippen LogP) is 4.21. The standard InChI is InChI=1S/C21H18F2N4O3S/c1-2-3-4-7-17(28)30-20-18-13(6-5-8-24-18)21(29)27(26-20)11-16-25-15-10-12(22)9-14(23)19(15)31-16/h5-6,8-10H,2-4,7,11H2,1H3. The molecule has 0 aliphatic heterocycles. The molecule has 0 saturated carbocycles. The van der Waals surface area contributed by atoms with Crippen LogP contribution >= 0.6 is 11.3 Å². The lowest BCUT2D eigenvalue weighted by Crippen LogP contribution is -2.25. The van der Waals surface area contributed by atoms with E-state index < -0.39 is 23.2 Å². The maximum atomic E-state index is 14.0. The van der Waals surface area contributed by atoms with E-state index in [0.717, 1.165) is 41.0 Å². The molecule has 0 aliphatic rings. The minimum atomic E-state index is -0.730. The Kier molecular flexibility index (Phi) is 5.99. The second-order valence-corrected chi connectivity index (χ2v) is 8.03. The molecule has 0 spiro atoms. The van der Waals surface area contributed by atoms with Gasteiger partial charge >= 0.3 is 5.97 Å². The number of benzene rings is 1. The van der Waals surface area contributed by atoms with E-state index in [1.807, 2.05) is 6.92 Å². The molecule has 160 valence electrons. The molecule has 3 aromatic heterocycles. The molecule has 0 atom stereocenters. The Hall–Kier alpha value is -3.27. The van der Waals surface area contributed by atoms with Gasteiger partial charge in [-0.3, -0.25) is 14.6 Å². The van der Waals surface area contributed by atoms with Crippen molar-refractivity contribution in [1.29, 1.82) is 0 Å². The van der Waals surface area contributed by atoms with Gasteiger partial charge in [-0.25, -0.2) is 18.4 Å². The van der Waals surface area contributed by atoms with Gasteiger partial charge in [-0.2, -0.15) is 0 Å². The maximum Gasteiger partial charge on any atom is 0.312 e. The van der Waals surface area contributed by atoms with Crippen LogP contribution in [0.2, 0.25) is 0 Å². The molecule has 0 saturated heterocycles. The van der Waals surface area contributed by atoms with Crippen LogP contribution in [0.15, 0.2) is 35.3 Å². The van der Waals surface area contributed by atoms with Crippen molar-refractivity contribution in [3.8, 4) is 5.88 Å². The number of halogens is 2. The summed E-state index contributed by atoms with van der Waals surface area (Å²) < 4.78 is 34.1. The number of hydrogen-bond donors (Lipinski definition) is 0. The predicted molar refractivity (Wildman–Crippen MR) is 112 cm³/mol. The zero-order valence-electron chi connectivity index (χ0n) is 16.6. The van der Waals surface area contributed by atoms with Crippen molar-refractivity contribution < 1.29 is 18.3 Å². The molecule has 10 heteroatoms. The second kappa shape index (κ2) is 8.84. The van der Waals surface area contributed by atoms with E-state index in [4.69, 9.17) is 4.74 Å². The Morgan fingerprint density at radius 1 is 1.26 bits per heavy atom. The molecule has 0 bridgehead atoms. The van der Waals surface area contributed by atoms with E-state index in [1.54, 1.807) is 12.1 Å². The van der Waals surface area contributed by atoms with Gasteiger partial charge in [0.1, 0.15) is 22.2 Å². The molecule has 0 aliphatic carbocycles. The number of esters is 1. The van der Waals surface area contributed by atoms with Crippen molar-refractivity contribution in [1.82, 2.24) is 19.7 Å². The Balaban J connectivity index is 1.71. The average molecular weight is 444 g/mol. The van der Waals surface area contributed by atoms with Crippen molar-refractivity contribution >= 4 is 38.4 Å². The van der Waals surface area contributed by atoms with Crippen LogP contribution in [0.3, 0.4) is 0 Å². The molecule has 1 aromatic carbocycles. The van der Waals surface area contributed by atoms with Gasteiger partial charge in [0.2, 0.25) is 0 Å². The minimum absolute atomic E-state index is 0.0740. The average Bonchev–Trinajstić information content (AvgIpc) is 3.14. The molecular weight excluding hydrogens is 426 g/mol. The van der Waals surface area contributed by atoms with Crippen LogP contribution in [0.1, 0.15) is 37.6 Å². The van der Waals surface area contributed by atoms with Gasteiger partial charge in [0.05, 0.1) is 22.1 Å². The normalized spacial score (nSPS) is 11.3. The van der Waals surface area contributed by atoms with Gasteiger partial charge in [-0.1, -0.05) is 19.8 Å². The number of pyridine rings is 1. The third kappa shape index (κ3) is 4.43. The zero-order chi connectivity index (χ0) is 22.0. The number of aromatic nitrogens is 4. The summed E-state index contributed by atoms with van der Waals surface area (Å²) in [5.74, 6) is -1.99. The van der Waals surface area contributed by atoms with Gasteiger partial charge in [0, 0.05) is 24.8 Å². The van der Waals surface area contributed by atoms with Gasteiger partial charge in [0.15, 0.2) is 0 Å². The highest BCUT2D eigenvalue weighted by Crippen LogP contribution is 2.27. The number of thiazole rings is 1. The first-order valence-corrected chi connectivity index (χ1v) is 10.6. The van der Waals surface area contributed by atoms with Crippen LogP contribution in [0, 0.1) is 11.6 Å². The molecule has 31 heavy (non-hydrogen) atoms. The smallest absolute Gasteiger partial charge is 0.312 e. The largest absolute Gasteiger partial charge is 0.403 e. The van der Waals surface area contributed by atoms with Crippen LogP contribution in [0.25, 0.3) is 21.1 Å². The number of carbonyl (C=O) groups excluding carboxylic acids is 1. The van der Waals surface area contributed by atoms with Gasteiger partial charge in [-0.15, -0.1) is 16.4 Å². The number of nitrogens with zero attached hydrogens (tertiary/aromatic N) is 4. The monoisotopic (exact) mass is 444 g/mol. The van der Waals surface area contributed by atoms with Crippen molar-refractivity contribution in [3.63, 3.8) is 0 Å². The molecule has 4 rings (SSSR count). The lowest BCUT2D eigenvalue weighted by atomic mass is 10.2. The minimum Gasteiger partial charge on any atom is -0.403 e. The van der Waals surface area contributed by atoms with E-state index in [9.17, 15) is 18.4 Å². The third-order valence-electron chi connectivity index (χ3n) is 4.62. The van der Waals surface area contributed by atoms with Crippen LogP contribution in [0.4, 0.5) is 8.78 Å². The molecule has 0 radical (unpaired) electrons. The molecule has 0 unspecified atom stereocenters. The SMILES string of the molecule is CCCCCC(=O)Oc1nn(Cc2nc3cc(F)cc(F)c3s2)c(=O)c2cccnc12. The second-order valence-electron chi connectivity index (χ2n) is 6.94. The summed E-state index contributed by atoms with van der Waals surface area (Å²) >= 11 is 0.999. The first-order chi connectivity index (χ1) is 15.0. The van der Waals surface area contributed by atoms with E-state index in [0.29, 0.717) is 11.4 Å². The summed E-state index contributed by atoms with van der Waals surface area (Å²) in [4.78, 5) is 33.4. The van der Waals surface area contributed by atoms with Crippen LogP contribution in [0.5, 0.6) is 5.88 Å². The van der Waals surface area contributed by atoms with Crippen LogP contribution in [-0.4, -0.2) is 25.7 Å². The molecule has 0 N–H and O–H groups in total. The zero-order valence-corrected chi connectivity index (χ0v) is 17.4. The van der Waals surface area contributed by atoms with Crippen molar-refractivity contribution in [2.24, 2.45) is 0 Å². The van der Waals surface area contributed by atoms with Gasteiger partial charge in [-0.05, 0) is 18.6 Å². The number of unbranched alkanes of at least 4 members (excludes halogenated alkanes) is 2. The van der Waals surface area contributed by atoms with E-state index >= 15 is 0 Å². The summed E-state index contributed by atoms with van der Waals surface area (Å²) in [6.45, 7) is 1.94. The van der Waals surface area contributed by atoms with Gasteiger partial charge in [0.25, 0.3) is 11.4 Å². The first-order valence-electron chi connectivity index (χ1n) is 9.77. The molecule has 4 aromatic rings. The van der Waals surface area contributed by atoms with Gasteiger partial charge < -0.3 is 4.74 Å². The van der Waals surface area contributed by atoms with Crippen molar-refractivity contribution in [2.45, 2.75) is 39.2 Å². The number of hydrogen-bond acceptors (Lipinski definition) is 7. The Morgan fingerprint density at radius 3 is 2.90 bits per heavy atom. The number of ether oxygens (including phenoxy) is 1.